The fourth-order valence-electron chi connectivity index (χ4n) is 10.1. The lowest BCUT2D eigenvalue weighted by atomic mass is 10.0. The van der Waals surface area contributed by atoms with Crippen molar-refractivity contribution in [3.8, 4) is 0 Å². The van der Waals surface area contributed by atoms with Crippen LogP contribution in [0.25, 0.3) is 0 Å². The Hall–Kier alpha value is -0.990. The molecule has 0 aromatic rings. The topological polar surface area (TPSA) is 111 Å². The Kier molecular flexibility index (Phi) is 56.0. The van der Waals surface area contributed by atoms with Gasteiger partial charge in [-0.3, -0.25) is 14.2 Å². The molecule has 0 aliphatic rings. The lowest BCUT2D eigenvalue weighted by molar-refractivity contribution is -0.870. The third-order valence-corrected chi connectivity index (χ3v) is 16.1. The number of phosphoric acid groups is 1. The van der Waals surface area contributed by atoms with Crippen LogP contribution < -0.4 is 4.89 Å². The first kappa shape index (κ1) is 73.0. The number of ether oxygens (including phenoxy) is 2. The molecule has 0 aromatic carbocycles. The van der Waals surface area contributed by atoms with Gasteiger partial charge >= 0.3 is 11.9 Å². The van der Waals surface area contributed by atoms with Gasteiger partial charge in [-0.1, -0.05) is 322 Å². The summed E-state index contributed by atoms with van der Waals surface area (Å²) in [7, 11) is 1.19. The number of nitrogens with zero attached hydrogens (tertiary/aromatic N) is 1. The van der Waals surface area contributed by atoms with Gasteiger partial charge in [0.1, 0.15) is 19.8 Å². The number of carbonyl (C=O) groups excluding carboxylic acids is 2. The molecule has 2 atom stereocenters. The summed E-state index contributed by atoms with van der Waals surface area (Å²) in [4.78, 5) is 38.0. The van der Waals surface area contributed by atoms with Gasteiger partial charge in [0.05, 0.1) is 27.7 Å². The van der Waals surface area contributed by atoms with E-state index in [1.165, 1.54) is 283 Å². The van der Waals surface area contributed by atoms with Crippen LogP contribution in [0.3, 0.4) is 0 Å². The molecule has 0 spiro atoms. The Morgan fingerprint density at radius 3 is 0.865 bits per heavy atom. The van der Waals surface area contributed by atoms with E-state index in [1.54, 1.807) is 0 Å². The highest BCUT2D eigenvalue weighted by molar-refractivity contribution is 7.45. The number of hydrogen-bond donors (Lipinski definition) is 0. The number of unbranched alkanes of at least 4 members (excludes halogenated alkanes) is 48. The van der Waals surface area contributed by atoms with Crippen molar-refractivity contribution >= 4 is 19.8 Å². The first-order valence-electron chi connectivity index (χ1n) is 32.7. The van der Waals surface area contributed by atoms with E-state index in [0.717, 1.165) is 32.1 Å². The van der Waals surface area contributed by atoms with Gasteiger partial charge in [-0.2, -0.15) is 0 Å². The fraction of sp³-hybridized carbons (Fsp3) is 0.969. The number of likely N-dealkylation sites (N-methyl/N-ethyl adjacent to an activating group) is 1. The molecule has 0 rings (SSSR count). The maximum absolute atomic E-state index is 12.8. The van der Waals surface area contributed by atoms with Gasteiger partial charge in [-0.15, -0.1) is 0 Å². The van der Waals surface area contributed by atoms with Crippen LogP contribution in [-0.4, -0.2) is 70.0 Å². The van der Waals surface area contributed by atoms with Crippen molar-refractivity contribution in [2.45, 2.75) is 354 Å². The van der Waals surface area contributed by atoms with Crippen LogP contribution >= 0.6 is 7.82 Å². The summed E-state index contributed by atoms with van der Waals surface area (Å²) in [5.74, 6) is -0.805. The smallest absolute Gasteiger partial charge is 0.306 e. The number of rotatable bonds is 62. The van der Waals surface area contributed by atoms with Gasteiger partial charge in [0, 0.05) is 12.8 Å². The Bertz CT molecular complexity index is 1210. The highest BCUT2D eigenvalue weighted by atomic mass is 31.2. The predicted molar refractivity (Wildman–Crippen MR) is 315 cm³/mol. The first-order chi connectivity index (χ1) is 36.0. The standard InChI is InChI=1S/C64H128NO8P/c1-6-8-10-12-14-16-18-20-22-24-26-28-30-32-34-36-38-40-42-44-46-48-50-52-54-56-63(66)70-60-62(61-72-74(68,69)71-59-58-65(3,4)5)73-64(67)57-55-53-51-49-47-45-43-41-39-37-35-33-31-29-27-25-23-21-19-17-15-13-11-9-7-2/h62H,6-61H2,1-5H3. The van der Waals surface area contributed by atoms with E-state index in [-0.39, 0.29) is 32.0 Å². The van der Waals surface area contributed by atoms with Crippen LogP contribution in [0.2, 0.25) is 0 Å². The molecule has 0 fully saturated rings. The van der Waals surface area contributed by atoms with Crippen molar-refractivity contribution in [1.82, 2.24) is 0 Å². The van der Waals surface area contributed by atoms with Crippen molar-refractivity contribution in [2.24, 2.45) is 0 Å². The van der Waals surface area contributed by atoms with E-state index in [1.807, 2.05) is 21.1 Å². The summed E-state index contributed by atoms with van der Waals surface area (Å²) < 4.78 is 34.3. The van der Waals surface area contributed by atoms with Crippen LogP contribution in [0.5, 0.6) is 0 Å². The van der Waals surface area contributed by atoms with Crippen molar-refractivity contribution < 1.29 is 42.1 Å². The van der Waals surface area contributed by atoms with E-state index in [2.05, 4.69) is 13.8 Å². The van der Waals surface area contributed by atoms with E-state index in [9.17, 15) is 19.0 Å². The summed E-state index contributed by atoms with van der Waals surface area (Å²) in [5.41, 5.74) is 0. The van der Waals surface area contributed by atoms with Crippen LogP contribution in [-0.2, 0) is 32.7 Å². The molecule has 74 heavy (non-hydrogen) atoms. The van der Waals surface area contributed by atoms with Gasteiger partial charge in [0.25, 0.3) is 7.82 Å². The molecule has 442 valence electrons. The molecule has 0 heterocycles. The summed E-state index contributed by atoms with van der Waals surface area (Å²) in [6.07, 6.45) is 66.0. The number of carbonyl (C=O) groups is 2. The average molecular weight is 1070 g/mol. The van der Waals surface area contributed by atoms with E-state index >= 15 is 0 Å². The highest BCUT2D eigenvalue weighted by Gasteiger charge is 2.22. The third-order valence-electron chi connectivity index (χ3n) is 15.1. The van der Waals surface area contributed by atoms with Crippen molar-refractivity contribution in [1.29, 1.82) is 0 Å². The second-order valence-electron chi connectivity index (χ2n) is 23.9. The molecular weight excluding hydrogens is 942 g/mol. The van der Waals surface area contributed by atoms with Gasteiger partial charge in [0.15, 0.2) is 6.10 Å². The van der Waals surface area contributed by atoms with Crippen molar-refractivity contribution in [2.75, 3.05) is 47.5 Å². The molecule has 0 N–H and O–H groups in total. The second kappa shape index (κ2) is 56.7. The summed E-state index contributed by atoms with van der Waals surface area (Å²) in [6.45, 7) is 4.33. The SMILES string of the molecule is CCCCCCCCCCCCCCCCCCCCCCCCCCCC(=O)OCC(COP(=O)([O-])OCC[N+](C)(C)C)OC(=O)CCCCCCCCCCCCCCCCCCCCCCCCCCC. The minimum Gasteiger partial charge on any atom is -0.756 e. The number of quaternary nitrogens is 1. The molecule has 10 heteroatoms. The Labute approximate surface area is 461 Å². The molecule has 0 saturated heterocycles. The molecule has 0 aliphatic heterocycles. The molecular formula is C64H128NO8P. The van der Waals surface area contributed by atoms with E-state index < -0.39 is 26.5 Å². The summed E-state index contributed by atoms with van der Waals surface area (Å²) in [6, 6.07) is 0. The lowest BCUT2D eigenvalue weighted by Crippen LogP contribution is -2.37. The molecule has 0 saturated carbocycles. The normalized spacial score (nSPS) is 13.1. The summed E-state index contributed by atoms with van der Waals surface area (Å²) in [5, 5.41) is 0. The largest absolute Gasteiger partial charge is 0.756 e. The molecule has 0 amide bonds. The highest BCUT2D eigenvalue weighted by Crippen LogP contribution is 2.38. The zero-order valence-corrected chi connectivity index (χ0v) is 51.2. The number of esters is 2. The van der Waals surface area contributed by atoms with Gasteiger partial charge in [0.2, 0.25) is 0 Å². The molecule has 9 nitrogen and oxygen atoms in total. The van der Waals surface area contributed by atoms with Crippen LogP contribution in [0.15, 0.2) is 0 Å². The van der Waals surface area contributed by atoms with Crippen LogP contribution in [0.4, 0.5) is 0 Å². The lowest BCUT2D eigenvalue weighted by Gasteiger charge is -2.28. The molecule has 0 aliphatic carbocycles. The van der Waals surface area contributed by atoms with Crippen LogP contribution in [0, 0.1) is 0 Å². The Morgan fingerprint density at radius 2 is 0.608 bits per heavy atom. The monoisotopic (exact) mass is 1070 g/mol. The maximum atomic E-state index is 12.8. The Balaban J connectivity index is 4.02. The molecule has 2 unspecified atom stereocenters. The van der Waals surface area contributed by atoms with Gasteiger partial charge in [-0.05, 0) is 12.8 Å². The zero-order valence-electron chi connectivity index (χ0n) is 50.3. The van der Waals surface area contributed by atoms with Crippen molar-refractivity contribution in [3.63, 3.8) is 0 Å². The minimum absolute atomic E-state index is 0.0249. The van der Waals surface area contributed by atoms with E-state index in [0.29, 0.717) is 17.4 Å². The van der Waals surface area contributed by atoms with Crippen LogP contribution in [0.1, 0.15) is 348 Å². The summed E-state index contributed by atoms with van der Waals surface area (Å²) >= 11 is 0. The maximum Gasteiger partial charge on any atom is 0.306 e. The third kappa shape index (κ3) is 60.2. The van der Waals surface area contributed by atoms with E-state index in [4.69, 9.17) is 18.5 Å². The van der Waals surface area contributed by atoms with Gasteiger partial charge < -0.3 is 27.9 Å². The predicted octanol–water partition coefficient (Wildman–Crippen LogP) is 20.0. The first-order valence-corrected chi connectivity index (χ1v) is 34.2. The minimum atomic E-state index is -4.63. The quantitative estimate of drug-likeness (QED) is 0.0256. The molecule has 0 radical (unpaired) electrons. The second-order valence-corrected chi connectivity index (χ2v) is 25.3. The molecule has 0 aromatic heterocycles. The number of phosphoric ester groups is 1. The molecule has 0 bridgehead atoms. The fourth-order valence-corrected chi connectivity index (χ4v) is 10.8. The number of hydrogen-bond acceptors (Lipinski definition) is 8. The Morgan fingerprint density at radius 1 is 0.365 bits per heavy atom. The zero-order chi connectivity index (χ0) is 54.2. The van der Waals surface area contributed by atoms with Gasteiger partial charge in [-0.25, -0.2) is 0 Å². The van der Waals surface area contributed by atoms with Crippen molar-refractivity contribution in [3.05, 3.63) is 0 Å². The average Bonchev–Trinajstić information content (AvgIpc) is 3.36.